The van der Waals surface area contributed by atoms with Gasteiger partial charge in [-0.05, 0) is 12.8 Å². The van der Waals surface area contributed by atoms with Crippen LogP contribution in [0, 0.1) is 6.92 Å². The van der Waals surface area contributed by atoms with Crippen LogP contribution in [0.3, 0.4) is 0 Å². The summed E-state index contributed by atoms with van der Waals surface area (Å²) in [4.78, 5) is 11.1. The first-order valence-corrected chi connectivity index (χ1v) is 4.10. The van der Waals surface area contributed by atoms with Crippen LogP contribution in [-0.2, 0) is 0 Å². The van der Waals surface area contributed by atoms with Gasteiger partial charge in [0.25, 0.3) is 0 Å². The van der Waals surface area contributed by atoms with E-state index in [0.29, 0.717) is 5.69 Å². The molecular formula is C9H13NO3. The number of nitrogens with zero attached hydrogens (tertiary/aromatic N) is 1. The van der Waals surface area contributed by atoms with Crippen molar-refractivity contribution < 1.29 is 10.3 Å². The van der Waals surface area contributed by atoms with Crippen molar-refractivity contribution in [2.24, 2.45) is 0 Å². The minimum Gasteiger partial charge on any atom is -0.503 e. The minimum atomic E-state index is -0.452. The lowest BCUT2D eigenvalue weighted by atomic mass is 10.1. The Morgan fingerprint density at radius 3 is 2.46 bits per heavy atom. The third-order valence-electron chi connectivity index (χ3n) is 2.01. The molecule has 0 amide bonds. The number of hydrogen-bond acceptors (Lipinski definition) is 3. The van der Waals surface area contributed by atoms with Crippen LogP contribution in [0.2, 0.25) is 0 Å². The summed E-state index contributed by atoms with van der Waals surface area (Å²) in [6.07, 6.45) is 0. The van der Waals surface area contributed by atoms with Gasteiger partial charge < -0.3 is 10.3 Å². The highest BCUT2D eigenvalue weighted by molar-refractivity contribution is 5.28. The molecule has 0 aliphatic heterocycles. The van der Waals surface area contributed by atoms with Gasteiger partial charge in [0, 0.05) is 6.07 Å². The SMILES string of the molecule is Cc1c(O)c(=O)cc(C(C)C)n1O. The molecule has 2 N–H and O–H groups in total. The molecule has 4 heteroatoms. The van der Waals surface area contributed by atoms with Crippen molar-refractivity contribution in [3.63, 3.8) is 0 Å². The van der Waals surface area contributed by atoms with Gasteiger partial charge in [-0.3, -0.25) is 4.79 Å². The van der Waals surface area contributed by atoms with Crippen molar-refractivity contribution in [3.8, 4) is 5.75 Å². The summed E-state index contributed by atoms with van der Waals surface area (Å²) in [5.74, 6) is -0.357. The molecule has 0 saturated heterocycles. The third kappa shape index (κ3) is 1.52. The number of hydrogen-bond donors (Lipinski definition) is 2. The van der Waals surface area contributed by atoms with Gasteiger partial charge in [-0.1, -0.05) is 13.8 Å². The lowest BCUT2D eigenvalue weighted by Gasteiger charge is -2.13. The van der Waals surface area contributed by atoms with Gasteiger partial charge in [-0.25, -0.2) is 0 Å². The molecule has 72 valence electrons. The minimum absolute atomic E-state index is 0.0389. The highest BCUT2D eigenvalue weighted by Gasteiger charge is 2.12. The van der Waals surface area contributed by atoms with Crippen LogP contribution in [0.1, 0.15) is 31.2 Å². The average Bonchev–Trinajstić information content (AvgIpc) is 2.07. The van der Waals surface area contributed by atoms with E-state index in [1.165, 1.54) is 13.0 Å². The van der Waals surface area contributed by atoms with Crippen LogP contribution in [0.5, 0.6) is 5.75 Å². The number of pyridine rings is 1. The van der Waals surface area contributed by atoms with E-state index < -0.39 is 11.2 Å². The smallest absolute Gasteiger partial charge is 0.223 e. The Kier molecular flexibility index (Phi) is 2.32. The summed E-state index contributed by atoms with van der Waals surface area (Å²) in [6, 6.07) is 1.24. The molecule has 0 fully saturated rings. The zero-order valence-electron chi connectivity index (χ0n) is 7.90. The average molecular weight is 183 g/mol. The summed E-state index contributed by atoms with van der Waals surface area (Å²) in [7, 11) is 0. The molecular weight excluding hydrogens is 170 g/mol. The third-order valence-corrected chi connectivity index (χ3v) is 2.01. The van der Waals surface area contributed by atoms with Gasteiger partial charge in [0.2, 0.25) is 5.43 Å². The topological polar surface area (TPSA) is 62.5 Å². The van der Waals surface area contributed by atoms with Gasteiger partial charge >= 0.3 is 0 Å². The molecule has 1 aromatic heterocycles. The molecule has 0 spiro atoms. The first kappa shape index (κ1) is 9.64. The maximum Gasteiger partial charge on any atom is 0.223 e. The van der Waals surface area contributed by atoms with E-state index in [-0.39, 0.29) is 11.6 Å². The standard InChI is InChI=1S/C9H13NO3/c1-5(2)7-4-8(11)9(12)6(3)10(7)13/h4-5,12-13H,1-3H3. The maximum atomic E-state index is 11.1. The van der Waals surface area contributed by atoms with Gasteiger partial charge in [-0.2, -0.15) is 4.73 Å². The number of rotatable bonds is 1. The van der Waals surface area contributed by atoms with E-state index in [2.05, 4.69) is 0 Å². The van der Waals surface area contributed by atoms with Gasteiger partial charge in [0.1, 0.15) is 0 Å². The Balaban J connectivity index is 3.50. The van der Waals surface area contributed by atoms with Crippen molar-refractivity contribution in [2.75, 3.05) is 0 Å². The second-order valence-electron chi connectivity index (χ2n) is 3.33. The molecule has 13 heavy (non-hydrogen) atoms. The highest BCUT2D eigenvalue weighted by atomic mass is 16.5. The second-order valence-corrected chi connectivity index (χ2v) is 3.33. The fourth-order valence-electron chi connectivity index (χ4n) is 1.15. The van der Waals surface area contributed by atoms with Crippen LogP contribution >= 0.6 is 0 Å². The van der Waals surface area contributed by atoms with Crippen LogP contribution in [0.4, 0.5) is 0 Å². The monoisotopic (exact) mass is 183 g/mol. The van der Waals surface area contributed by atoms with E-state index in [1.807, 2.05) is 13.8 Å². The Morgan fingerprint density at radius 1 is 1.46 bits per heavy atom. The molecule has 1 rings (SSSR count). The Morgan fingerprint density at radius 2 is 2.00 bits per heavy atom. The molecule has 0 unspecified atom stereocenters. The Labute approximate surface area is 76.0 Å². The summed E-state index contributed by atoms with van der Waals surface area (Å²) in [5.41, 5.74) is 0.225. The fraction of sp³-hybridized carbons (Fsp3) is 0.444. The molecule has 0 radical (unpaired) electrons. The zero-order chi connectivity index (χ0) is 10.2. The number of aromatic hydroxyl groups is 1. The summed E-state index contributed by atoms with van der Waals surface area (Å²) < 4.78 is 0.849. The van der Waals surface area contributed by atoms with Crippen LogP contribution in [-0.4, -0.2) is 15.0 Å². The predicted octanol–water partition coefficient (Wildman–Crippen LogP) is 1.22. The van der Waals surface area contributed by atoms with Crippen LogP contribution in [0.15, 0.2) is 10.9 Å². The van der Waals surface area contributed by atoms with Crippen LogP contribution < -0.4 is 5.43 Å². The summed E-state index contributed by atoms with van der Waals surface area (Å²) >= 11 is 0. The van der Waals surface area contributed by atoms with Crippen molar-refractivity contribution in [2.45, 2.75) is 26.7 Å². The first-order valence-electron chi connectivity index (χ1n) is 4.10. The quantitative estimate of drug-likeness (QED) is 0.643. The van der Waals surface area contributed by atoms with E-state index in [1.54, 1.807) is 0 Å². The fourth-order valence-corrected chi connectivity index (χ4v) is 1.15. The van der Waals surface area contributed by atoms with E-state index in [0.717, 1.165) is 4.73 Å². The largest absolute Gasteiger partial charge is 0.503 e. The lowest BCUT2D eigenvalue weighted by Crippen LogP contribution is -2.14. The molecule has 4 nitrogen and oxygen atoms in total. The first-order chi connectivity index (χ1) is 5.95. The lowest BCUT2D eigenvalue weighted by molar-refractivity contribution is 0.161. The highest BCUT2D eigenvalue weighted by Crippen LogP contribution is 2.17. The molecule has 0 aliphatic carbocycles. The van der Waals surface area contributed by atoms with Crippen LogP contribution in [0.25, 0.3) is 0 Å². The molecule has 0 bridgehead atoms. The van der Waals surface area contributed by atoms with Crippen molar-refractivity contribution in [3.05, 3.63) is 27.7 Å². The van der Waals surface area contributed by atoms with E-state index in [4.69, 9.17) is 0 Å². The van der Waals surface area contributed by atoms with Crippen molar-refractivity contribution in [1.82, 2.24) is 4.73 Å². The normalized spacial score (nSPS) is 10.8. The summed E-state index contributed by atoms with van der Waals surface area (Å²) in [6.45, 7) is 5.21. The molecule has 0 saturated carbocycles. The second kappa shape index (κ2) is 3.12. The maximum absolute atomic E-state index is 11.1. The van der Waals surface area contributed by atoms with Crippen molar-refractivity contribution >= 4 is 0 Å². The number of aromatic nitrogens is 1. The molecule has 1 heterocycles. The van der Waals surface area contributed by atoms with Crippen molar-refractivity contribution in [1.29, 1.82) is 0 Å². The van der Waals surface area contributed by atoms with Gasteiger partial charge in [-0.15, -0.1) is 0 Å². The molecule has 0 aromatic carbocycles. The molecule has 0 atom stereocenters. The zero-order valence-corrected chi connectivity index (χ0v) is 7.90. The predicted molar refractivity (Wildman–Crippen MR) is 48.4 cm³/mol. The van der Waals surface area contributed by atoms with Gasteiger partial charge in [0.15, 0.2) is 5.75 Å². The Bertz CT molecular complexity index is 379. The van der Waals surface area contributed by atoms with E-state index in [9.17, 15) is 15.1 Å². The summed E-state index contributed by atoms with van der Waals surface area (Å²) in [5, 5.41) is 18.7. The molecule has 0 aliphatic rings. The van der Waals surface area contributed by atoms with Gasteiger partial charge in [0.05, 0.1) is 11.4 Å². The Hall–Kier alpha value is -1.45. The van der Waals surface area contributed by atoms with E-state index >= 15 is 0 Å². The molecule has 1 aromatic rings.